The molecule has 0 aliphatic rings. The van der Waals surface area contributed by atoms with Crippen molar-refractivity contribution >= 4 is 11.8 Å². The number of para-hydroxylation sites is 1. The van der Waals surface area contributed by atoms with E-state index in [-0.39, 0.29) is 19.0 Å². The monoisotopic (exact) mass is 312 g/mol. The van der Waals surface area contributed by atoms with Crippen LogP contribution in [-0.4, -0.2) is 25.0 Å². The Bertz CT molecular complexity index is 679. The number of carbonyl (C=O) groups is 2. The molecular weight excluding hydrogens is 296 g/mol. The van der Waals surface area contributed by atoms with Crippen LogP contribution in [0.3, 0.4) is 0 Å². The van der Waals surface area contributed by atoms with Crippen molar-refractivity contribution in [2.45, 2.75) is 0 Å². The van der Waals surface area contributed by atoms with Gasteiger partial charge in [0.15, 0.2) is 11.5 Å². The minimum Gasteiger partial charge on any atom is -0.460 e. The van der Waals surface area contributed by atoms with Crippen molar-refractivity contribution in [1.82, 2.24) is 0 Å². The van der Waals surface area contributed by atoms with Gasteiger partial charge in [0.2, 0.25) is 0 Å². The number of hydrogen-bond donors (Lipinski definition) is 0. The Hall–Kier alpha value is -2.92. The molecule has 0 aliphatic carbocycles. The summed E-state index contributed by atoms with van der Waals surface area (Å²) < 4.78 is 4.75. The molecule has 0 fully saturated rings. The summed E-state index contributed by atoms with van der Waals surface area (Å²) in [6, 6.07) is 15.7. The molecular formula is C18H16O5. The van der Waals surface area contributed by atoms with Gasteiger partial charge >= 0.3 is 5.97 Å². The van der Waals surface area contributed by atoms with Crippen LogP contribution in [0.2, 0.25) is 0 Å². The molecule has 0 amide bonds. The predicted molar refractivity (Wildman–Crippen MR) is 84.1 cm³/mol. The van der Waals surface area contributed by atoms with Gasteiger partial charge in [0.25, 0.3) is 0 Å². The molecule has 118 valence electrons. The van der Waals surface area contributed by atoms with Crippen LogP contribution in [0, 0.1) is 0 Å². The number of benzene rings is 2. The van der Waals surface area contributed by atoms with Crippen molar-refractivity contribution < 1.29 is 24.1 Å². The van der Waals surface area contributed by atoms with Crippen LogP contribution in [0.5, 0.6) is 5.75 Å². The van der Waals surface area contributed by atoms with E-state index in [1.165, 1.54) is 0 Å². The second-order valence-electron chi connectivity index (χ2n) is 4.47. The van der Waals surface area contributed by atoms with Gasteiger partial charge in [-0.25, -0.2) is 4.79 Å². The fourth-order valence-electron chi connectivity index (χ4n) is 1.81. The second kappa shape index (κ2) is 8.51. The highest BCUT2D eigenvalue weighted by Crippen LogP contribution is 2.21. The van der Waals surface area contributed by atoms with E-state index >= 15 is 0 Å². The van der Waals surface area contributed by atoms with Gasteiger partial charge in [-0.2, -0.15) is 4.89 Å². The maximum absolute atomic E-state index is 12.5. The van der Waals surface area contributed by atoms with Crippen molar-refractivity contribution in [2.75, 3.05) is 13.2 Å². The minimum absolute atomic E-state index is 0.0274. The Labute approximate surface area is 134 Å². The van der Waals surface area contributed by atoms with Gasteiger partial charge in [0.1, 0.15) is 13.2 Å². The van der Waals surface area contributed by atoms with Gasteiger partial charge in [-0.1, -0.05) is 49.0 Å². The lowest BCUT2D eigenvalue weighted by atomic mass is 10.0. The average Bonchev–Trinajstić information content (AvgIpc) is 2.61. The van der Waals surface area contributed by atoms with Crippen LogP contribution in [0.15, 0.2) is 67.3 Å². The van der Waals surface area contributed by atoms with Crippen LogP contribution in [0.25, 0.3) is 0 Å². The molecule has 5 nitrogen and oxygen atoms in total. The maximum atomic E-state index is 12.5. The molecule has 0 aliphatic heterocycles. The number of ketones is 1. The molecule has 0 N–H and O–H groups in total. The van der Waals surface area contributed by atoms with E-state index in [0.29, 0.717) is 16.9 Å². The Morgan fingerprint density at radius 3 is 2.39 bits per heavy atom. The Morgan fingerprint density at radius 2 is 1.65 bits per heavy atom. The first-order chi connectivity index (χ1) is 11.2. The molecule has 0 bridgehead atoms. The smallest absolute Gasteiger partial charge is 0.330 e. The minimum atomic E-state index is -0.534. The van der Waals surface area contributed by atoms with Crippen molar-refractivity contribution in [3.8, 4) is 5.75 Å². The quantitative estimate of drug-likeness (QED) is 0.187. The number of rotatable bonds is 8. The summed E-state index contributed by atoms with van der Waals surface area (Å²) in [5.41, 5.74) is 0.949. The van der Waals surface area contributed by atoms with Gasteiger partial charge in [0, 0.05) is 11.6 Å². The molecule has 0 saturated carbocycles. The van der Waals surface area contributed by atoms with E-state index in [9.17, 15) is 9.59 Å². The fourth-order valence-corrected chi connectivity index (χ4v) is 1.81. The maximum Gasteiger partial charge on any atom is 0.330 e. The summed E-state index contributed by atoms with van der Waals surface area (Å²) in [7, 11) is 0. The van der Waals surface area contributed by atoms with Gasteiger partial charge < -0.3 is 9.62 Å². The number of ether oxygens (including phenoxy) is 1. The third-order valence-corrected chi connectivity index (χ3v) is 2.89. The fraction of sp³-hybridized carbons (Fsp3) is 0.111. The zero-order chi connectivity index (χ0) is 16.5. The molecule has 0 spiro atoms. The summed E-state index contributed by atoms with van der Waals surface area (Å²) in [4.78, 5) is 33.5. The molecule has 0 unspecified atom stereocenters. The second-order valence-corrected chi connectivity index (χ2v) is 4.47. The summed E-state index contributed by atoms with van der Waals surface area (Å²) >= 11 is 0. The topological polar surface area (TPSA) is 61.8 Å². The first-order valence-corrected chi connectivity index (χ1v) is 7.00. The van der Waals surface area contributed by atoms with Crippen molar-refractivity contribution in [2.24, 2.45) is 0 Å². The number of carbonyl (C=O) groups excluding carboxylic acids is 2. The van der Waals surface area contributed by atoms with Crippen molar-refractivity contribution in [1.29, 1.82) is 0 Å². The van der Waals surface area contributed by atoms with Crippen molar-refractivity contribution in [3.63, 3.8) is 0 Å². The van der Waals surface area contributed by atoms with Gasteiger partial charge in [-0.05, 0) is 12.1 Å². The standard InChI is InChI=1S/C18H16O5/c1-2-17(19)21-12-13-22-23-16-11-7-6-10-15(16)18(20)14-8-4-3-5-9-14/h2-11H,1,12-13H2. The molecule has 5 heteroatoms. The van der Waals surface area contributed by atoms with Crippen LogP contribution >= 0.6 is 0 Å². The largest absolute Gasteiger partial charge is 0.460 e. The predicted octanol–water partition coefficient (Wildman–Crippen LogP) is 2.96. The third kappa shape index (κ3) is 4.79. The van der Waals surface area contributed by atoms with E-state index in [4.69, 9.17) is 14.5 Å². The summed E-state index contributed by atoms with van der Waals surface area (Å²) in [5.74, 6) is -0.396. The zero-order valence-electron chi connectivity index (χ0n) is 12.4. The molecule has 0 atom stereocenters. The van der Waals surface area contributed by atoms with Crippen LogP contribution in [0.4, 0.5) is 0 Å². The van der Waals surface area contributed by atoms with E-state index < -0.39 is 5.97 Å². The first kappa shape index (κ1) is 16.5. The lowest BCUT2D eigenvalue weighted by Gasteiger charge is -2.09. The SMILES string of the molecule is C=CC(=O)OCCOOc1ccccc1C(=O)c1ccccc1. The average molecular weight is 312 g/mol. The highest BCUT2D eigenvalue weighted by Gasteiger charge is 2.14. The number of esters is 1. The summed E-state index contributed by atoms with van der Waals surface area (Å²) in [6.45, 7) is 3.35. The van der Waals surface area contributed by atoms with Gasteiger partial charge in [-0.3, -0.25) is 4.79 Å². The highest BCUT2D eigenvalue weighted by molar-refractivity contribution is 6.10. The van der Waals surface area contributed by atoms with Crippen LogP contribution in [0.1, 0.15) is 15.9 Å². The highest BCUT2D eigenvalue weighted by atomic mass is 17.2. The molecule has 2 aromatic carbocycles. The van der Waals surface area contributed by atoms with E-state index in [0.717, 1.165) is 6.08 Å². The van der Waals surface area contributed by atoms with E-state index in [1.807, 2.05) is 6.07 Å². The molecule has 23 heavy (non-hydrogen) atoms. The molecule has 0 radical (unpaired) electrons. The molecule has 2 aromatic rings. The Morgan fingerprint density at radius 1 is 0.957 bits per heavy atom. The Balaban J connectivity index is 1.97. The zero-order valence-corrected chi connectivity index (χ0v) is 12.4. The molecule has 0 heterocycles. The van der Waals surface area contributed by atoms with Crippen LogP contribution in [-0.2, 0) is 14.4 Å². The summed E-state index contributed by atoms with van der Waals surface area (Å²) in [6.07, 6.45) is 1.06. The molecule has 0 aromatic heterocycles. The van der Waals surface area contributed by atoms with E-state index in [2.05, 4.69) is 6.58 Å². The third-order valence-electron chi connectivity index (χ3n) is 2.89. The van der Waals surface area contributed by atoms with Crippen LogP contribution < -0.4 is 4.89 Å². The van der Waals surface area contributed by atoms with Gasteiger partial charge in [0.05, 0.1) is 5.56 Å². The number of hydrogen-bond acceptors (Lipinski definition) is 5. The molecule has 0 saturated heterocycles. The Kier molecular flexibility index (Phi) is 6.08. The van der Waals surface area contributed by atoms with Gasteiger partial charge in [-0.15, -0.1) is 0 Å². The first-order valence-electron chi connectivity index (χ1n) is 7.00. The lowest BCUT2D eigenvalue weighted by molar-refractivity contribution is -0.214. The van der Waals surface area contributed by atoms with Crippen molar-refractivity contribution in [3.05, 3.63) is 78.4 Å². The lowest BCUT2D eigenvalue weighted by Crippen LogP contribution is -2.11. The normalized spacial score (nSPS) is 9.91. The summed E-state index contributed by atoms with van der Waals surface area (Å²) in [5, 5.41) is 0. The van der Waals surface area contributed by atoms with E-state index in [1.54, 1.807) is 48.5 Å². The molecule has 2 rings (SSSR count).